The number of likely N-dealkylation sites (tertiary alicyclic amines) is 1. The molecule has 2 unspecified atom stereocenters. The molecule has 7 heteroatoms. The third-order valence-electron chi connectivity index (χ3n) is 6.45. The van der Waals surface area contributed by atoms with Crippen molar-refractivity contribution in [3.05, 3.63) is 23.8 Å². The number of ether oxygens (including phenoxy) is 2. The first-order valence-corrected chi connectivity index (χ1v) is 10.5. The zero-order chi connectivity index (χ0) is 21.2. The first-order valence-electron chi connectivity index (χ1n) is 10.5. The van der Waals surface area contributed by atoms with Crippen molar-refractivity contribution in [2.75, 3.05) is 13.1 Å². The zero-order valence-corrected chi connectivity index (χ0v) is 18.6. The molecule has 3 aliphatic heterocycles. The summed E-state index contributed by atoms with van der Waals surface area (Å²) in [7, 11) is -0.408. The van der Waals surface area contributed by atoms with E-state index in [1.165, 1.54) is 5.56 Å². The lowest BCUT2D eigenvalue weighted by Crippen LogP contribution is -2.47. The summed E-state index contributed by atoms with van der Waals surface area (Å²) in [6.45, 7) is 15.1. The lowest BCUT2D eigenvalue weighted by Gasteiger charge is -2.35. The molecule has 0 aromatic heterocycles. The van der Waals surface area contributed by atoms with Gasteiger partial charge >= 0.3 is 13.2 Å². The van der Waals surface area contributed by atoms with Gasteiger partial charge in [-0.2, -0.15) is 0 Å². The highest BCUT2D eigenvalue weighted by molar-refractivity contribution is 6.62. The molecular weight excluding hydrogens is 369 g/mol. The molecule has 2 saturated heterocycles. The minimum atomic E-state index is -0.495. The first-order chi connectivity index (χ1) is 13.4. The third-order valence-corrected chi connectivity index (χ3v) is 6.45. The van der Waals surface area contributed by atoms with Gasteiger partial charge in [0.25, 0.3) is 0 Å². The molecule has 0 radical (unpaired) electrons. The van der Waals surface area contributed by atoms with Crippen LogP contribution in [0.2, 0.25) is 0 Å². The van der Waals surface area contributed by atoms with Crippen LogP contribution in [0.25, 0.3) is 0 Å². The third kappa shape index (κ3) is 3.75. The second-order valence-corrected chi connectivity index (χ2v) is 10.4. The number of fused-ring (bicyclic) bond motifs is 3. The van der Waals surface area contributed by atoms with Gasteiger partial charge in [0.2, 0.25) is 0 Å². The SMILES string of the molecule is CC(C)(C)OC(=O)N1CCC2c3ccc(B4OC(C)(C)C(C)(C)O4)cc3OC2C1. The molecule has 4 rings (SSSR count). The lowest BCUT2D eigenvalue weighted by molar-refractivity contribution is 0.00578. The van der Waals surface area contributed by atoms with Crippen LogP contribution in [-0.4, -0.2) is 54.1 Å². The maximum Gasteiger partial charge on any atom is 0.494 e. The van der Waals surface area contributed by atoms with Crippen LogP contribution >= 0.6 is 0 Å². The smallest absolute Gasteiger partial charge is 0.488 e. The second kappa shape index (κ2) is 6.64. The molecular formula is C22H32BNO5. The minimum absolute atomic E-state index is 0.0418. The largest absolute Gasteiger partial charge is 0.494 e. The van der Waals surface area contributed by atoms with Crippen LogP contribution in [0.3, 0.4) is 0 Å². The number of nitrogens with zero attached hydrogens (tertiary/aromatic N) is 1. The van der Waals surface area contributed by atoms with E-state index < -0.39 is 12.7 Å². The monoisotopic (exact) mass is 401 g/mol. The quantitative estimate of drug-likeness (QED) is 0.675. The molecule has 0 aliphatic carbocycles. The molecule has 0 bridgehead atoms. The Morgan fingerprint density at radius 2 is 1.83 bits per heavy atom. The van der Waals surface area contributed by atoms with Gasteiger partial charge < -0.3 is 23.7 Å². The van der Waals surface area contributed by atoms with Gasteiger partial charge in [0.15, 0.2) is 0 Å². The fourth-order valence-corrected chi connectivity index (χ4v) is 4.13. The molecule has 1 aromatic rings. The fraction of sp³-hybridized carbons (Fsp3) is 0.682. The number of benzene rings is 1. The van der Waals surface area contributed by atoms with Gasteiger partial charge in [-0.1, -0.05) is 12.1 Å². The van der Waals surface area contributed by atoms with Gasteiger partial charge in [-0.3, -0.25) is 0 Å². The van der Waals surface area contributed by atoms with Crippen molar-refractivity contribution in [1.82, 2.24) is 4.90 Å². The van der Waals surface area contributed by atoms with Crippen molar-refractivity contribution in [2.45, 2.75) is 83.7 Å². The number of carbonyl (C=O) groups excluding carboxylic acids is 1. The van der Waals surface area contributed by atoms with E-state index in [2.05, 4.69) is 39.8 Å². The Labute approximate surface area is 174 Å². The summed E-state index contributed by atoms with van der Waals surface area (Å²) < 4.78 is 24.1. The Morgan fingerprint density at radius 1 is 1.17 bits per heavy atom. The van der Waals surface area contributed by atoms with E-state index in [-0.39, 0.29) is 23.4 Å². The molecule has 29 heavy (non-hydrogen) atoms. The van der Waals surface area contributed by atoms with Crippen LogP contribution in [0.4, 0.5) is 4.79 Å². The number of rotatable bonds is 1. The molecule has 3 heterocycles. The van der Waals surface area contributed by atoms with Gasteiger partial charge in [-0.25, -0.2) is 4.79 Å². The summed E-state index contributed by atoms with van der Waals surface area (Å²) in [5, 5.41) is 0. The second-order valence-electron chi connectivity index (χ2n) is 10.4. The summed E-state index contributed by atoms with van der Waals surface area (Å²) in [6.07, 6.45) is 0.556. The van der Waals surface area contributed by atoms with Gasteiger partial charge in [0.05, 0.1) is 17.7 Å². The maximum atomic E-state index is 12.4. The Kier molecular flexibility index (Phi) is 4.70. The highest BCUT2D eigenvalue weighted by Gasteiger charge is 2.52. The minimum Gasteiger partial charge on any atom is -0.488 e. The molecule has 158 valence electrons. The summed E-state index contributed by atoms with van der Waals surface area (Å²) in [5.41, 5.74) is 0.925. The number of amides is 1. The van der Waals surface area contributed by atoms with Crippen LogP contribution < -0.4 is 10.2 Å². The van der Waals surface area contributed by atoms with E-state index in [1.54, 1.807) is 4.90 Å². The van der Waals surface area contributed by atoms with Crippen molar-refractivity contribution in [3.63, 3.8) is 0 Å². The number of hydrogen-bond acceptors (Lipinski definition) is 5. The molecule has 0 saturated carbocycles. The van der Waals surface area contributed by atoms with E-state index in [4.69, 9.17) is 18.8 Å². The standard InChI is InChI=1S/C22H32BNO5/c1-20(2,3)27-19(25)24-11-10-16-15-9-8-14(12-17(15)26-18(16)13-24)23-28-21(4,5)22(6,7)29-23/h8-9,12,16,18H,10-11,13H2,1-7H3. The van der Waals surface area contributed by atoms with Gasteiger partial charge in [-0.05, 0) is 66.4 Å². The summed E-state index contributed by atoms with van der Waals surface area (Å²) in [5.74, 6) is 1.18. The highest BCUT2D eigenvalue weighted by Crippen LogP contribution is 2.43. The molecule has 2 atom stereocenters. The van der Waals surface area contributed by atoms with Crippen molar-refractivity contribution in [1.29, 1.82) is 0 Å². The normalized spacial score (nSPS) is 27.3. The molecule has 1 amide bonds. The summed E-state index contributed by atoms with van der Waals surface area (Å²) in [4.78, 5) is 14.2. The molecule has 6 nitrogen and oxygen atoms in total. The van der Waals surface area contributed by atoms with Crippen LogP contribution in [0.1, 0.15) is 66.4 Å². The average Bonchev–Trinajstić information content (AvgIpc) is 3.05. The van der Waals surface area contributed by atoms with Crippen LogP contribution in [0.5, 0.6) is 5.75 Å². The predicted molar refractivity (Wildman–Crippen MR) is 112 cm³/mol. The van der Waals surface area contributed by atoms with Crippen molar-refractivity contribution in [3.8, 4) is 5.75 Å². The molecule has 3 aliphatic rings. The predicted octanol–water partition coefficient (Wildman–Crippen LogP) is 3.47. The fourth-order valence-electron chi connectivity index (χ4n) is 4.13. The molecule has 0 spiro atoms. The molecule has 1 aromatic carbocycles. The van der Waals surface area contributed by atoms with E-state index in [0.29, 0.717) is 19.0 Å². The zero-order valence-electron chi connectivity index (χ0n) is 18.6. The van der Waals surface area contributed by atoms with E-state index in [9.17, 15) is 4.79 Å². The Balaban J connectivity index is 1.47. The van der Waals surface area contributed by atoms with Gasteiger partial charge in [0.1, 0.15) is 17.5 Å². The topological polar surface area (TPSA) is 57.2 Å². The molecule has 0 N–H and O–H groups in total. The van der Waals surface area contributed by atoms with Gasteiger partial charge in [-0.15, -0.1) is 0 Å². The van der Waals surface area contributed by atoms with Gasteiger partial charge in [0, 0.05) is 18.0 Å². The van der Waals surface area contributed by atoms with E-state index >= 15 is 0 Å². The summed E-state index contributed by atoms with van der Waals surface area (Å²) >= 11 is 0. The van der Waals surface area contributed by atoms with Crippen LogP contribution in [0, 0.1) is 0 Å². The first kappa shape index (κ1) is 20.5. The maximum absolute atomic E-state index is 12.4. The Hall–Kier alpha value is -1.73. The highest BCUT2D eigenvalue weighted by atomic mass is 16.7. The Bertz CT molecular complexity index is 800. The number of hydrogen-bond donors (Lipinski definition) is 0. The van der Waals surface area contributed by atoms with Crippen LogP contribution in [0.15, 0.2) is 18.2 Å². The van der Waals surface area contributed by atoms with Crippen molar-refractivity contribution < 1.29 is 23.6 Å². The van der Waals surface area contributed by atoms with E-state index in [0.717, 1.165) is 17.6 Å². The van der Waals surface area contributed by atoms with Crippen LogP contribution in [-0.2, 0) is 14.0 Å². The van der Waals surface area contributed by atoms with Crippen molar-refractivity contribution >= 4 is 18.7 Å². The summed E-state index contributed by atoms with van der Waals surface area (Å²) in [6, 6.07) is 6.24. The Morgan fingerprint density at radius 3 is 2.45 bits per heavy atom. The van der Waals surface area contributed by atoms with E-state index in [1.807, 2.05) is 26.8 Å². The number of carbonyl (C=O) groups is 1. The van der Waals surface area contributed by atoms with Crippen molar-refractivity contribution in [2.24, 2.45) is 0 Å². The number of piperidine rings is 1. The average molecular weight is 401 g/mol. The lowest BCUT2D eigenvalue weighted by atomic mass is 9.77. The molecule has 2 fully saturated rings.